The van der Waals surface area contributed by atoms with Crippen molar-refractivity contribution in [2.24, 2.45) is 7.05 Å². The lowest BCUT2D eigenvalue weighted by Gasteiger charge is -2.15. The third-order valence-corrected chi connectivity index (χ3v) is 3.75. The van der Waals surface area contributed by atoms with E-state index in [9.17, 15) is 0 Å². The standard InChI is InChI=1S/C11H21N3S/c1-9(15-4)5-7-12-10(2)11-6-8-13-14(11)3/h6,8-10,12H,5,7H2,1-4H3. The first-order valence-corrected chi connectivity index (χ1v) is 6.68. The maximum Gasteiger partial charge on any atom is 0.0547 e. The van der Waals surface area contributed by atoms with Gasteiger partial charge in [-0.15, -0.1) is 0 Å². The summed E-state index contributed by atoms with van der Waals surface area (Å²) in [5, 5.41) is 8.42. The van der Waals surface area contributed by atoms with E-state index in [0.717, 1.165) is 11.8 Å². The van der Waals surface area contributed by atoms with Crippen LogP contribution in [0.2, 0.25) is 0 Å². The number of thioether (sulfide) groups is 1. The maximum absolute atomic E-state index is 4.17. The Balaban J connectivity index is 2.31. The van der Waals surface area contributed by atoms with Crippen LogP contribution in [-0.4, -0.2) is 27.8 Å². The number of nitrogens with zero attached hydrogens (tertiary/aromatic N) is 2. The molecular weight excluding hydrogens is 206 g/mol. The van der Waals surface area contributed by atoms with E-state index in [4.69, 9.17) is 0 Å². The smallest absolute Gasteiger partial charge is 0.0547 e. The van der Waals surface area contributed by atoms with E-state index in [-0.39, 0.29) is 0 Å². The highest BCUT2D eigenvalue weighted by Crippen LogP contribution is 2.12. The molecule has 1 aromatic rings. The van der Waals surface area contributed by atoms with Crippen LogP contribution in [0.15, 0.2) is 12.3 Å². The molecule has 0 saturated heterocycles. The van der Waals surface area contributed by atoms with Crippen LogP contribution in [0, 0.1) is 0 Å². The number of rotatable bonds is 6. The summed E-state index contributed by atoms with van der Waals surface area (Å²) in [5.41, 5.74) is 1.24. The zero-order valence-corrected chi connectivity index (χ0v) is 10.8. The molecule has 1 aromatic heterocycles. The van der Waals surface area contributed by atoms with Crippen molar-refractivity contribution in [1.82, 2.24) is 15.1 Å². The zero-order chi connectivity index (χ0) is 11.3. The summed E-state index contributed by atoms with van der Waals surface area (Å²) in [6.07, 6.45) is 5.22. The van der Waals surface area contributed by atoms with Gasteiger partial charge in [-0.1, -0.05) is 6.92 Å². The van der Waals surface area contributed by atoms with E-state index in [0.29, 0.717) is 6.04 Å². The van der Waals surface area contributed by atoms with Gasteiger partial charge in [-0.2, -0.15) is 16.9 Å². The molecule has 2 unspecified atom stereocenters. The van der Waals surface area contributed by atoms with E-state index in [1.54, 1.807) is 0 Å². The normalized spacial score (nSPS) is 15.2. The SMILES string of the molecule is CSC(C)CCNC(C)c1ccnn1C. The number of nitrogens with one attached hydrogen (secondary N) is 1. The van der Waals surface area contributed by atoms with Gasteiger partial charge >= 0.3 is 0 Å². The molecule has 0 fully saturated rings. The molecule has 4 heteroatoms. The van der Waals surface area contributed by atoms with Crippen LogP contribution in [0.25, 0.3) is 0 Å². The molecule has 86 valence electrons. The minimum Gasteiger partial charge on any atom is -0.309 e. The van der Waals surface area contributed by atoms with Gasteiger partial charge in [0.25, 0.3) is 0 Å². The Kier molecular flexibility index (Phi) is 5.19. The molecule has 3 nitrogen and oxygen atoms in total. The Hall–Kier alpha value is -0.480. The van der Waals surface area contributed by atoms with E-state index in [2.05, 4.69) is 36.6 Å². The minimum atomic E-state index is 0.381. The van der Waals surface area contributed by atoms with Crippen molar-refractivity contribution in [3.63, 3.8) is 0 Å². The number of hydrogen-bond acceptors (Lipinski definition) is 3. The van der Waals surface area contributed by atoms with Gasteiger partial charge in [0.05, 0.1) is 5.69 Å². The fourth-order valence-corrected chi connectivity index (χ4v) is 1.89. The Morgan fingerprint density at radius 1 is 1.53 bits per heavy atom. The van der Waals surface area contributed by atoms with Gasteiger partial charge in [-0.3, -0.25) is 4.68 Å². The first-order chi connectivity index (χ1) is 7.15. The van der Waals surface area contributed by atoms with Gasteiger partial charge in [0.15, 0.2) is 0 Å². The lowest BCUT2D eigenvalue weighted by molar-refractivity contribution is 0.521. The summed E-state index contributed by atoms with van der Waals surface area (Å²) < 4.78 is 1.93. The topological polar surface area (TPSA) is 29.9 Å². The van der Waals surface area contributed by atoms with Crippen molar-refractivity contribution in [1.29, 1.82) is 0 Å². The van der Waals surface area contributed by atoms with Gasteiger partial charge in [0.2, 0.25) is 0 Å². The van der Waals surface area contributed by atoms with Crippen LogP contribution in [0.3, 0.4) is 0 Å². The zero-order valence-electron chi connectivity index (χ0n) is 10.0. The molecule has 0 spiro atoms. The van der Waals surface area contributed by atoms with E-state index >= 15 is 0 Å². The lowest BCUT2D eigenvalue weighted by atomic mass is 10.2. The van der Waals surface area contributed by atoms with Crippen LogP contribution < -0.4 is 5.32 Å². The molecular formula is C11H21N3S. The van der Waals surface area contributed by atoms with Gasteiger partial charge < -0.3 is 5.32 Å². The Bertz CT molecular complexity index is 285. The van der Waals surface area contributed by atoms with Crippen LogP contribution in [-0.2, 0) is 7.05 Å². The second-order valence-electron chi connectivity index (χ2n) is 3.89. The minimum absolute atomic E-state index is 0.381. The highest BCUT2D eigenvalue weighted by atomic mass is 32.2. The summed E-state index contributed by atoms with van der Waals surface area (Å²) in [5.74, 6) is 0. The molecule has 0 radical (unpaired) electrons. The summed E-state index contributed by atoms with van der Waals surface area (Å²) >= 11 is 1.92. The van der Waals surface area contributed by atoms with Crippen molar-refractivity contribution in [2.45, 2.75) is 31.6 Å². The number of aryl methyl sites for hydroxylation is 1. The largest absolute Gasteiger partial charge is 0.309 e. The molecule has 0 saturated carbocycles. The van der Waals surface area contributed by atoms with E-state index < -0.39 is 0 Å². The second kappa shape index (κ2) is 6.18. The third kappa shape index (κ3) is 3.87. The first kappa shape index (κ1) is 12.6. The van der Waals surface area contributed by atoms with Crippen molar-refractivity contribution in [2.75, 3.05) is 12.8 Å². The predicted molar refractivity (Wildman–Crippen MR) is 67.2 cm³/mol. The monoisotopic (exact) mass is 227 g/mol. The molecule has 2 atom stereocenters. The van der Waals surface area contributed by atoms with Gasteiger partial charge in [-0.25, -0.2) is 0 Å². The average Bonchev–Trinajstić information content (AvgIpc) is 2.64. The fourth-order valence-electron chi connectivity index (χ4n) is 1.53. The molecule has 0 aliphatic rings. The molecule has 0 aliphatic heterocycles. The fraction of sp³-hybridized carbons (Fsp3) is 0.727. The van der Waals surface area contributed by atoms with E-state index in [1.807, 2.05) is 29.7 Å². The highest BCUT2D eigenvalue weighted by molar-refractivity contribution is 7.99. The first-order valence-electron chi connectivity index (χ1n) is 5.39. The summed E-state index contributed by atoms with van der Waals surface area (Å²) in [7, 11) is 1.98. The molecule has 0 amide bonds. The van der Waals surface area contributed by atoms with E-state index in [1.165, 1.54) is 12.1 Å². The molecule has 1 N–H and O–H groups in total. The third-order valence-electron chi connectivity index (χ3n) is 2.71. The molecule has 1 heterocycles. The van der Waals surface area contributed by atoms with Crippen LogP contribution in [0.4, 0.5) is 0 Å². The molecule has 0 aromatic carbocycles. The van der Waals surface area contributed by atoms with Crippen molar-refractivity contribution >= 4 is 11.8 Å². The Labute approximate surface area is 96.6 Å². The lowest BCUT2D eigenvalue weighted by Crippen LogP contribution is -2.23. The van der Waals surface area contributed by atoms with Gasteiger partial charge in [0.1, 0.15) is 0 Å². The van der Waals surface area contributed by atoms with Gasteiger partial charge in [0, 0.05) is 24.5 Å². The van der Waals surface area contributed by atoms with Crippen molar-refractivity contribution in [3.05, 3.63) is 18.0 Å². The predicted octanol–water partition coefficient (Wildman–Crippen LogP) is 2.21. The van der Waals surface area contributed by atoms with Crippen molar-refractivity contribution in [3.8, 4) is 0 Å². The summed E-state index contributed by atoms with van der Waals surface area (Å²) in [4.78, 5) is 0. The number of aromatic nitrogens is 2. The quantitative estimate of drug-likeness (QED) is 0.808. The molecule has 0 aliphatic carbocycles. The average molecular weight is 227 g/mol. The molecule has 1 rings (SSSR count). The Morgan fingerprint density at radius 2 is 2.27 bits per heavy atom. The summed E-state index contributed by atoms with van der Waals surface area (Å²) in [6, 6.07) is 2.45. The number of hydrogen-bond donors (Lipinski definition) is 1. The van der Waals surface area contributed by atoms with Crippen LogP contribution in [0.5, 0.6) is 0 Å². The van der Waals surface area contributed by atoms with Gasteiger partial charge in [-0.05, 0) is 32.2 Å². The highest BCUT2D eigenvalue weighted by Gasteiger charge is 2.08. The molecule has 15 heavy (non-hydrogen) atoms. The maximum atomic E-state index is 4.17. The Morgan fingerprint density at radius 3 is 2.80 bits per heavy atom. The van der Waals surface area contributed by atoms with Crippen molar-refractivity contribution < 1.29 is 0 Å². The summed E-state index contributed by atoms with van der Waals surface area (Å²) in [6.45, 7) is 5.51. The van der Waals surface area contributed by atoms with Crippen LogP contribution >= 0.6 is 11.8 Å². The molecule has 0 bridgehead atoms. The second-order valence-corrected chi connectivity index (χ2v) is 5.17. The van der Waals surface area contributed by atoms with Crippen LogP contribution in [0.1, 0.15) is 32.0 Å².